The van der Waals surface area contributed by atoms with Crippen LogP contribution in [0.3, 0.4) is 0 Å². The molecule has 0 spiro atoms. The van der Waals surface area contributed by atoms with Crippen molar-refractivity contribution in [2.75, 3.05) is 26.7 Å². The SMILES string of the molecule is CCN(CC(=O)N1CCn2cccc2C1c1ccccc1F)C(=O)OC. The molecular formula is C19H22FN3O3. The number of methoxy groups -OCH3 is 1. The number of carbonyl (C=O) groups is 2. The zero-order valence-corrected chi connectivity index (χ0v) is 14.9. The minimum atomic E-state index is -0.552. The molecule has 2 heterocycles. The van der Waals surface area contributed by atoms with E-state index < -0.39 is 12.1 Å². The Morgan fingerprint density at radius 2 is 2.00 bits per heavy atom. The zero-order valence-electron chi connectivity index (χ0n) is 14.9. The fraction of sp³-hybridized carbons (Fsp3) is 0.368. The molecular weight excluding hydrogens is 337 g/mol. The maximum Gasteiger partial charge on any atom is 0.409 e. The predicted molar refractivity (Wildman–Crippen MR) is 94.0 cm³/mol. The Labute approximate surface area is 151 Å². The van der Waals surface area contributed by atoms with Crippen LogP contribution in [0, 0.1) is 5.82 Å². The van der Waals surface area contributed by atoms with E-state index in [0.717, 1.165) is 5.69 Å². The van der Waals surface area contributed by atoms with Gasteiger partial charge in [0, 0.05) is 37.1 Å². The third kappa shape index (κ3) is 3.29. The van der Waals surface area contributed by atoms with Crippen LogP contribution in [0.15, 0.2) is 42.6 Å². The molecule has 0 radical (unpaired) electrons. The number of benzene rings is 1. The number of ether oxygens (including phenoxy) is 1. The van der Waals surface area contributed by atoms with Gasteiger partial charge in [0.05, 0.1) is 7.11 Å². The second kappa shape index (κ2) is 7.59. The Morgan fingerprint density at radius 1 is 1.23 bits per heavy atom. The molecule has 1 atom stereocenters. The Morgan fingerprint density at radius 3 is 2.69 bits per heavy atom. The third-order valence-corrected chi connectivity index (χ3v) is 4.70. The molecule has 1 aromatic carbocycles. The van der Waals surface area contributed by atoms with Crippen molar-refractivity contribution in [3.8, 4) is 0 Å². The van der Waals surface area contributed by atoms with Crippen molar-refractivity contribution in [1.29, 1.82) is 0 Å². The molecule has 0 fully saturated rings. The van der Waals surface area contributed by atoms with Crippen LogP contribution in [0.25, 0.3) is 0 Å². The van der Waals surface area contributed by atoms with Crippen LogP contribution in [-0.2, 0) is 16.1 Å². The normalized spacial score (nSPS) is 16.1. The number of halogens is 1. The summed E-state index contributed by atoms with van der Waals surface area (Å²) in [5.41, 5.74) is 1.30. The first kappa shape index (κ1) is 18.0. The van der Waals surface area contributed by atoms with Gasteiger partial charge < -0.3 is 14.2 Å². The number of carbonyl (C=O) groups excluding carboxylic acids is 2. The molecule has 0 saturated heterocycles. The van der Waals surface area contributed by atoms with Crippen LogP contribution in [0.5, 0.6) is 0 Å². The quantitative estimate of drug-likeness (QED) is 0.843. The summed E-state index contributed by atoms with van der Waals surface area (Å²) in [5.74, 6) is -0.594. The fourth-order valence-electron chi connectivity index (χ4n) is 3.36. The van der Waals surface area contributed by atoms with Gasteiger partial charge in [-0.1, -0.05) is 18.2 Å². The monoisotopic (exact) mass is 359 g/mol. The van der Waals surface area contributed by atoms with Gasteiger partial charge in [0.15, 0.2) is 0 Å². The smallest absolute Gasteiger partial charge is 0.409 e. The van der Waals surface area contributed by atoms with Crippen molar-refractivity contribution in [3.05, 3.63) is 59.7 Å². The number of fused-ring (bicyclic) bond motifs is 1. The lowest BCUT2D eigenvalue weighted by Crippen LogP contribution is -2.48. The summed E-state index contributed by atoms with van der Waals surface area (Å²) in [7, 11) is 1.28. The van der Waals surface area contributed by atoms with Gasteiger partial charge in [0.2, 0.25) is 5.91 Å². The van der Waals surface area contributed by atoms with Crippen molar-refractivity contribution >= 4 is 12.0 Å². The van der Waals surface area contributed by atoms with E-state index in [9.17, 15) is 14.0 Å². The maximum absolute atomic E-state index is 14.5. The van der Waals surface area contributed by atoms with Gasteiger partial charge in [-0.25, -0.2) is 9.18 Å². The summed E-state index contributed by atoms with van der Waals surface area (Å²) >= 11 is 0. The van der Waals surface area contributed by atoms with Crippen LogP contribution < -0.4 is 0 Å². The molecule has 6 nitrogen and oxygen atoms in total. The highest BCUT2D eigenvalue weighted by Gasteiger charge is 2.34. The second-order valence-corrected chi connectivity index (χ2v) is 6.12. The van der Waals surface area contributed by atoms with Crippen LogP contribution in [0.4, 0.5) is 9.18 Å². The number of amides is 2. The maximum atomic E-state index is 14.5. The molecule has 3 rings (SSSR count). The van der Waals surface area contributed by atoms with Gasteiger partial charge in [0.25, 0.3) is 0 Å². The summed E-state index contributed by atoms with van der Waals surface area (Å²) in [4.78, 5) is 27.7. The number of rotatable bonds is 4. The van der Waals surface area contributed by atoms with Crippen molar-refractivity contribution < 1.29 is 18.7 Å². The summed E-state index contributed by atoms with van der Waals surface area (Å²) in [6, 6.07) is 9.74. The van der Waals surface area contributed by atoms with E-state index in [-0.39, 0.29) is 18.3 Å². The van der Waals surface area contributed by atoms with Gasteiger partial charge in [-0.15, -0.1) is 0 Å². The minimum Gasteiger partial charge on any atom is -0.453 e. The molecule has 2 amide bonds. The predicted octanol–water partition coefficient (Wildman–Crippen LogP) is 2.65. The molecule has 7 heteroatoms. The first-order chi connectivity index (χ1) is 12.6. The molecule has 1 unspecified atom stereocenters. The average Bonchev–Trinajstić information content (AvgIpc) is 3.14. The van der Waals surface area contributed by atoms with Gasteiger partial charge >= 0.3 is 6.09 Å². The first-order valence-corrected chi connectivity index (χ1v) is 8.58. The van der Waals surface area contributed by atoms with Crippen molar-refractivity contribution in [1.82, 2.24) is 14.4 Å². The fourth-order valence-corrected chi connectivity index (χ4v) is 3.36. The molecule has 0 aliphatic carbocycles. The Hall–Kier alpha value is -2.83. The highest BCUT2D eigenvalue weighted by molar-refractivity contribution is 5.83. The lowest BCUT2D eigenvalue weighted by Gasteiger charge is -2.38. The van der Waals surface area contributed by atoms with Gasteiger partial charge in [-0.2, -0.15) is 0 Å². The molecule has 26 heavy (non-hydrogen) atoms. The van der Waals surface area contributed by atoms with E-state index in [1.165, 1.54) is 18.1 Å². The van der Waals surface area contributed by atoms with E-state index in [4.69, 9.17) is 4.74 Å². The average molecular weight is 359 g/mol. The summed E-state index contributed by atoms with van der Waals surface area (Å²) in [6.45, 7) is 3.10. The van der Waals surface area contributed by atoms with Crippen molar-refractivity contribution in [2.24, 2.45) is 0 Å². The molecule has 0 N–H and O–H groups in total. The Balaban J connectivity index is 1.94. The third-order valence-electron chi connectivity index (χ3n) is 4.70. The number of hydrogen-bond donors (Lipinski definition) is 0. The summed E-state index contributed by atoms with van der Waals surface area (Å²) in [5, 5.41) is 0. The molecule has 0 saturated carbocycles. The van der Waals surface area contributed by atoms with Crippen LogP contribution in [0.1, 0.15) is 24.2 Å². The minimum absolute atomic E-state index is 0.102. The highest BCUT2D eigenvalue weighted by atomic mass is 19.1. The van der Waals surface area contributed by atoms with E-state index in [0.29, 0.717) is 25.2 Å². The van der Waals surface area contributed by atoms with E-state index in [1.807, 2.05) is 22.9 Å². The van der Waals surface area contributed by atoms with Crippen molar-refractivity contribution in [3.63, 3.8) is 0 Å². The Bertz CT molecular complexity index is 805. The van der Waals surface area contributed by atoms with Gasteiger partial charge in [-0.05, 0) is 25.1 Å². The molecule has 1 aliphatic heterocycles. The van der Waals surface area contributed by atoms with Gasteiger partial charge in [0.1, 0.15) is 18.4 Å². The van der Waals surface area contributed by atoms with Crippen LogP contribution >= 0.6 is 0 Å². The van der Waals surface area contributed by atoms with E-state index in [2.05, 4.69) is 0 Å². The van der Waals surface area contributed by atoms with E-state index >= 15 is 0 Å². The molecule has 0 bridgehead atoms. The largest absolute Gasteiger partial charge is 0.453 e. The number of nitrogens with zero attached hydrogens (tertiary/aromatic N) is 3. The lowest BCUT2D eigenvalue weighted by molar-refractivity contribution is -0.134. The van der Waals surface area contributed by atoms with Crippen LogP contribution in [0.2, 0.25) is 0 Å². The number of aromatic nitrogens is 1. The zero-order chi connectivity index (χ0) is 18.7. The first-order valence-electron chi connectivity index (χ1n) is 8.58. The van der Waals surface area contributed by atoms with Crippen LogP contribution in [-0.4, -0.2) is 53.1 Å². The summed E-state index contributed by atoms with van der Waals surface area (Å²) in [6.07, 6.45) is 1.38. The topological polar surface area (TPSA) is 54.8 Å². The Kier molecular flexibility index (Phi) is 5.25. The number of hydrogen-bond acceptors (Lipinski definition) is 3. The highest BCUT2D eigenvalue weighted by Crippen LogP contribution is 2.33. The standard InChI is InChI=1S/C19H22FN3O3/c1-3-21(19(25)26-2)13-17(24)23-12-11-22-10-6-9-16(22)18(23)14-7-4-5-8-15(14)20/h4-10,18H,3,11-13H2,1-2H3. The summed E-state index contributed by atoms with van der Waals surface area (Å²) < 4.78 is 21.2. The molecule has 1 aliphatic rings. The van der Waals surface area contributed by atoms with Crippen molar-refractivity contribution in [2.45, 2.75) is 19.5 Å². The lowest BCUT2D eigenvalue weighted by atomic mass is 9.99. The second-order valence-electron chi connectivity index (χ2n) is 6.12. The number of likely N-dealkylation sites (N-methyl/N-ethyl adjacent to an activating group) is 1. The van der Waals surface area contributed by atoms with Gasteiger partial charge in [-0.3, -0.25) is 9.69 Å². The molecule has 1 aromatic heterocycles. The van der Waals surface area contributed by atoms with E-state index in [1.54, 1.807) is 30.0 Å². The molecule has 138 valence electrons. The molecule has 2 aromatic rings.